The van der Waals surface area contributed by atoms with Crippen LogP contribution in [0.1, 0.15) is 32.1 Å². The van der Waals surface area contributed by atoms with Gasteiger partial charge in [0.25, 0.3) is 0 Å². The maximum atomic E-state index is 11.8. The summed E-state index contributed by atoms with van der Waals surface area (Å²) < 4.78 is 4.93. The van der Waals surface area contributed by atoms with Crippen LogP contribution in [0.5, 0.6) is 0 Å². The van der Waals surface area contributed by atoms with Crippen molar-refractivity contribution in [2.24, 2.45) is 0 Å². The quantitative estimate of drug-likeness (QED) is 0.746. The second kappa shape index (κ2) is 4.74. The van der Waals surface area contributed by atoms with E-state index >= 15 is 0 Å². The number of nitrogens with one attached hydrogen (secondary N) is 1. The first-order valence-electron chi connectivity index (χ1n) is 5.71. The van der Waals surface area contributed by atoms with Crippen LogP contribution in [-0.2, 0) is 9.53 Å². The molecular formula is C11H19NO2S. The van der Waals surface area contributed by atoms with E-state index in [0.29, 0.717) is 6.04 Å². The van der Waals surface area contributed by atoms with Gasteiger partial charge in [-0.2, -0.15) is 11.8 Å². The lowest BCUT2D eigenvalue weighted by Gasteiger charge is -2.30. The van der Waals surface area contributed by atoms with Crippen LogP contribution in [0, 0.1) is 0 Å². The van der Waals surface area contributed by atoms with Crippen molar-refractivity contribution >= 4 is 17.7 Å². The molecule has 15 heavy (non-hydrogen) atoms. The van der Waals surface area contributed by atoms with Gasteiger partial charge in [-0.3, -0.25) is 10.1 Å². The van der Waals surface area contributed by atoms with Crippen LogP contribution in [0.4, 0.5) is 0 Å². The van der Waals surface area contributed by atoms with E-state index in [1.807, 2.05) is 11.8 Å². The Balaban J connectivity index is 2.01. The molecule has 0 amide bonds. The average molecular weight is 229 g/mol. The third kappa shape index (κ3) is 2.31. The number of carbonyl (C=O) groups is 1. The zero-order valence-corrected chi connectivity index (χ0v) is 10.1. The van der Waals surface area contributed by atoms with E-state index in [9.17, 15) is 4.79 Å². The minimum Gasteiger partial charge on any atom is -0.468 e. The van der Waals surface area contributed by atoms with E-state index in [0.717, 1.165) is 17.9 Å². The van der Waals surface area contributed by atoms with E-state index in [1.165, 1.54) is 32.8 Å². The van der Waals surface area contributed by atoms with Crippen LogP contribution in [0.15, 0.2) is 0 Å². The van der Waals surface area contributed by atoms with Gasteiger partial charge in [-0.1, -0.05) is 12.8 Å². The Bertz CT molecular complexity index is 233. The van der Waals surface area contributed by atoms with Crippen LogP contribution < -0.4 is 5.32 Å². The molecule has 0 radical (unpaired) electrons. The lowest BCUT2D eigenvalue weighted by atomic mass is 9.97. The van der Waals surface area contributed by atoms with Gasteiger partial charge in [0, 0.05) is 11.8 Å². The summed E-state index contributed by atoms with van der Waals surface area (Å²) in [5.74, 6) is 1.87. The highest BCUT2D eigenvalue weighted by atomic mass is 32.2. The molecule has 86 valence electrons. The Morgan fingerprint density at radius 1 is 1.47 bits per heavy atom. The molecular weight excluding hydrogens is 210 g/mol. The highest BCUT2D eigenvalue weighted by Gasteiger charge is 2.44. The molecule has 1 aliphatic heterocycles. The maximum absolute atomic E-state index is 11.8. The third-order valence-electron chi connectivity index (χ3n) is 3.43. The van der Waals surface area contributed by atoms with E-state index in [2.05, 4.69) is 5.32 Å². The average Bonchev–Trinajstić information content (AvgIpc) is 2.89. The number of hydrogen-bond acceptors (Lipinski definition) is 4. The first-order chi connectivity index (χ1) is 7.27. The summed E-state index contributed by atoms with van der Waals surface area (Å²) >= 11 is 1.84. The molecule has 3 nitrogen and oxygen atoms in total. The standard InChI is InChI=1S/C11H19NO2S/c1-14-10(13)11(6-7-15-8-11)12-9-4-2-3-5-9/h9,12H,2-8H2,1H3. The van der Waals surface area contributed by atoms with Gasteiger partial charge in [-0.05, 0) is 25.0 Å². The van der Waals surface area contributed by atoms with Crippen molar-refractivity contribution in [1.29, 1.82) is 0 Å². The maximum Gasteiger partial charge on any atom is 0.326 e. The van der Waals surface area contributed by atoms with Crippen molar-refractivity contribution in [2.75, 3.05) is 18.6 Å². The highest BCUT2D eigenvalue weighted by Crippen LogP contribution is 2.31. The van der Waals surface area contributed by atoms with Crippen molar-refractivity contribution in [1.82, 2.24) is 5.32 Å². The lowest BCUT2D eigenvalue weighted by molar-refractivity contribution is -0.147. The van der Waals surface area contributed by atoms with Gasteiger partial charge in [0.2, 0.25) is 0 Å². The van der Waals surface area contributed by atoms with E-state index in [1.54, 1.807) is 0 Å². The van der Waals surface area contributed by atoms with Gasteiger partial charge in [0.1, 0.15) is 5.54 Å². The second-order valence-corrected chi connectivity index (χ2v) is 5.61. The number of rotatable bonds is 3. The van der Waals surface area contributed by atoms with Gasteiger partial charge in [0.05, 0.1) is 7.11 Å². The van der Waals surface area contributed by atoms with Gasteiger partial charge in [-0.25, -0.2) is 0 Å². The number of carbonyl (C=O) groups excluding carboxylic acids is 1. The monoisotopic (exact) mass is 229 g/mol. The Labute approximate surface area is 95.3 Å². The molecule has 0 aromatic carbocycles. The van der Waals surface area contributed by atoms with E-state index in [-0.39, 0.29) is 11.5 Å². The molecule has 2 aliphatic rings. The second-order valence-electron chi connectivity index (χ2n) is 4.50. The molecule has 1 saturated carbocycles. The summed E-state index contributed by atoms with van der Waals surface area (Å²) in [7, 11) is 1.49. The molecule has 1 atom stereocenters. The van der Waals surface area contributed by atoms with Crippen molar-refractivity contribution in [3.63, 3.8) is 0 Å². The zero-order valence-electron chi connectivity index (χ0n) is 9.25. The molecule has 4 heteroatoms. The van der Waals surface area contributed by atoms with Gasteiger partial charge in [0.15, 0.2) is 0 Å². The third-order valence-corrected chi connectivity index (χ3v) is 4.62. The molecule has 1 heterocycles. The molecule has 2 fully saturated rings. The number of ether oxygens (including phenoxy) is 1. The molecule has 0 spiro atoms. The number of methoxy groups -OCH3 is 1. The summed E-state index contributed by atoms with van der Waals surface area (Å²) in [6, 6.07) is 0.530. The molecule has 0 aromatic heterocycles. The lowest BCUT2D eigenvalue weighted by Crippen LogP contribution is -2.56. The van der Waals surface area contributed by atoms with Gasteiger partial charge < -0.3 is 4.74 Å². The van der Waals surface area contributed by atoms with Crippen LogP contribution >= 0.6 is 11.8 Å². The molecule has 2 rings (SSSR count). The summed E-state index contributed by atoms with van der Waals surface area (Å²) in [5.41, 5.74) is -0.381. The van der Waals surface area contributed by atoms with E-state index in [4.69, 9.17) is 4.74 Å². The fourth-order valence-corrected chi connectivity index (χ4v) is 3.89. The number of esters is 1. The van der Waals surface area contributed by atoms with Crippen LogP contribution in [0.2, 0.25) is 0 Å². The minimum atomic E-state index is -0.381. The molecule has 0 aromatic rings. The summed E-state index contributed by atoms with van der Waals surface area (Å²) in [6.45, 7) is 0. The van der Waals surface area contributed by atoms with Gasteiger partial charge in [-0.15, -0.1) is 0 Å². The topological polar surface area (TPSA) is 38.3 Å². The Hall–Kier alpha value is -0.220. The largest absolute Gasteiger partial charge is 0.468 e. The molecule has 1 saturated heterocycles. The summed E-state index contributed by atoms with van der Waals surface area (Å²) in [4.78, 5) is 11.8. The first kappa shape index (κ1) is 11.3. The van der Waals surface area contributed by atoms with Crippen molar-refractivity contribution in [2.45, 2.75) is 43.7 Å². The normalized spacial score (nSPS) is 32.1. The fraction of sp³-hybridized carbons (Fsp3) is 0.909. The molecule has 1 unspecified atom stereocenters. The van der Waals surface area contributed by atoms with Gasteiger partial charge >= 0.3 is 5.97 Å². The minimum absolute atomic E-state index is 0.0700. The van der Waals surface area contributed by atoms with Crippen molar-refractivity contribution < 1.29 is 9.53 Å². The fourth-order valence-electron chi connectivity index (χ4n) is 2.55. The summed E-state index contributed by atoms with van der Waals surface area (Å²) in [6.07, 6.45) is 5.93. The first-order valence-corrected chi connectivity index (χ1v) is 6.86. The van der Waals surface area contributed by atoms with Crippen LogP contribution in [0.25, 0.3) is 0 Å². The van der Waals surface area contributed by atoms with Crippen molar-refractivity contribution in [3.8, 4) is 0 Å². The van der Waals surface area contributed by atoms with Crippen LogP contribution in [-0.4, -0.2) is 36.2 Å². The Morgan fingerprint density at radius 3 is 2.73 bits per heavy atom. The van der Waals surface area contributed by atoms with E-state index < -0.39 is 0 Å². The predicted molar refractivity (Wildman–Crippen MR) is 62.1 cm³/mol. The molecule has 0 bridgehead atoms. The predicted octanol–water partition coefficient (Wildman–Crippen LogP) is 1.57. The summed E-state index contributed by atoms with van der Waals surface area (Å²) in [5, 5.41) is 3.55. The smallest absolute Gasteiger partial charge is 0.326 e. The van der Waals surface area contributed by atoms with Crippen molar-refractivity contribution in [3.05, 3.63) is 0 Å². The van der Waals surface area contributed by atoms with Crippen LogP contribution in [0.3, 0.4) is 0 Å². The number of thioether (sulfide) groups is 1. The molecule has 1 aliphatic carbocycles. The Morgan fingerprint density at radius 2 is 2.20 bits per heavy atom. The molecule has 1 N–H and O–H groups in total. The Kier molecular flexibility index (Phi) is 3.57. The highest BCUT2D eigenvalue weighted by molar-refractivity contribution is 7.99. The SMILES string of the molecule is COC(=O)C1(NC2CCCC2)CCSC1. The zero-order chi connectivity index (χ0) is 10.7. The number of hydrogen-bond donors (Lipinski definition) is 1.